The molecule has 0 aliphatic carbocycles. The van der Waals surface area contributed by atoms with Gasteiger partial charge in [-0.2, -0.15) is 0 Å². The van der Waals surface area contributed by atoms with Crippen LogP contribution in [0.1, 0.15) is 84.0 Å². The summed E-state index contributed by atoms with van der Waals surface area (Å²) < 4.78 is 1.50. The number of hydrogen-bond donors (Lipinski definition) is 0. The van der Waals surface area contributed by atoms with Crippen LogP contribution in [0.2, 0.25) is 4.44 Å². The third-order valence-corrected chi connectivity index (χ3v) is 4.22. The molecule has 0 fully saturated rings. The van der Waals surface area contributed by atoms with E-state index in [0.717, 1.165) is 0 Å². The number of unbranched alkanes of at least 4 members (excludes halogenated alkanes) is 11. The fraction of sp³-hybridized carbons (Fsp3) is 1.00. The van der Waals surface area contributed by atoms with E-state index in [1.807, 2.05) is 0 Å². The zero-order valence-corrected chi connectivity index (χ0v) is 14.1. The first kappa shape index (κ1) is 20.1. The van der Waals surface area contributed by atoms with Crippen LogP contribution in [0.3, 0.4) is 0 Å². The van der Waals surface area contributed by atoms with Gasteiger partial charge >= 0.3 is 127 Å². The molecule has 0 bridgehead atoms. The monoisotopic (exact) mass is 342 g/mol. The van der Waals surface area contributed by atoms with Crippen molar-refractivity contribution in [1.82, 2.24) is 0 Å². The Hall–Kier alpha value is 1.80. The van der Waals surface area contributed by atoms with Gasteiger partial charge in [-0.05, 0) is 0 Å². The van der Waals surface area contributed by atoms with E-state index >= 15 is 0 Å². The summed E-state index contributed by atoms with van der Waals surface area (Å²) in [7, 11) is 0. The van der Waals surface area contributed by atoms with E-state index < -0.39 is 0 Å². The maximum absolute atomic E-state index is 2.29. The predicted octanol–water partition coefficient (Wildman–Crippen LogP) is 4.36. The first-order valence-corrected chi connectivity index (χ1v) is 9.45. The Balaban J connectivity index is 0. The summed E-state index contributed by atoms with van der Waals surface area (Å²) in [4.78, 5) is 0. The van der Waals surface area contributed by atoms with Crippen molar-refractivity contribution in [2.24, 2.45) is 0 Å². The molecule has 16 heavy (non-hydrogen) atoms. The van der Waals surface area contributed by atoms with Crippen LogP contribution in [0.15, 0.2) is 0 Å². The van der Waals surface area contributed by atoms with Crippen LogP contribution >= 0.6 is 0 Å². The summed E-state index contributed by atoms with van der Waals surface area (Å²) in [5.41, 5.74) is 0. The van der Waals surface area contributed by atoms with E-state index in [9.17, 15) is 0 Å². The number of rotatable bonds is 12. The Morgan fingerprint density at radius 1 is 0.562 bits per heavy atom. The van der Waals surface area contributed by atoms with Gasteiger partial charge in [0.2, 0.25) is 0 Å². The van der Waals surface area contributed by atoms with Gasteiger partial charge in [-0.25, -0.2) is 0 Å². The molecule has 2 heteroatoms. The molecule has 0 aliphatic heterocycles. The van der Waals surface area contributed by atoms with Crippen molar-refractivity contribution in [3.63, 3.8) is 0 Å². The molecule has 92 valence electrons. The van der Waals surface area contributed by atoms with Crippen LogP contribution < -0.4 is 0 Å². The molecular formula is C14H31NaSn. The quantitative estimate of drug-likeness (QED) is 0.366. The van der Waals surface area contributed by atoms with E-state index in [1.54, 1.807) is 0 Å². The first-order chi connectivity index (χ1) is 7.41. The van der Waals surface area contributed by atoms with Crippen molar-refractivity contribution in [1.29, 1.82) is 0 Å². The minimum absolute atomic E-state index is 0. The summed E-state index contributed by atoms with van der Waals surface area (Å²) >= 11 is 1.47. The van der Waals surface area contributed by atoms with Crippen molar-refractivity contribution in [2.45, 2.75) is 88.4 Å². The van der Waals surface area contributed by atoms with Crippen molar-refractivity contribution >= 4 is 52.1 Å². The zero-order valence-electron chi connectivity index (χ0n) is 10.8. The molecule has 0 nitrogen and oxygen atoms in total. The maximum atomic E-state index is 2.29. The first-order valence-electron chi connectivity index (χ1n) is 7.12. The molecule has 0 N–H and O–H groups in total. The van der Waals surface area contributed by atoms with Crippen LogP contribution in [0.25, 0.3) is 0 Å². The molecule has 0 rings (SSSR count). The van der Waals surface area contributed by atoms with Gasteiger partial charge in [0, 0.05) is 0 Å². The van der Waals surface area contributed by atoms with Gasteiger partial charge in [0.15, 0.2) is 0 Å². The van der Waals surface area contributed by atoms with Crippen molar-refractivity contribution in [3.05, 3.63) is 0 Å². The molecule has 0 aromatic heterocycles. The summed E-state index contributed by atoms with van der Waals surface area (Å²) in [6.45, 7) is 2.29. The second-order valence-electron chi connectivity index (χ2n) is 4.68. The van der Waals surface area contributed by atoms with Crippen LogP contribution in [-0.2, 0) is 0 Å². The van der Waals surface area contributed by atoms with Crippen LogP contribution in [0.5, 0.6) is 0 Å². The van der Waals surface area contributed by atoms with E-state index in [1.165, 1.54) is 104 Å². The average molecular weight is 341 g/mol. The van der Waals surface area contributed by atoms with Crippen molar-refractivity contribution in [2.75, 3.05) is 0 Å². The van der Waals surface area contributed by atoms with Gasteiger partial charge in [-0.15, -0.1) is 0 Å². The Labute approximate surface area is 139 Å². The molecule has 0 unspecified atom stereocenters. The van der Waals surface area contributed by atoms with E-state index in [4.69, 9.17) is 0 Å². The molecule has 2 radical (unpaired) electrons. The van der Waals surface area contributed by atoms with Crippen LogP contribution in [-0.4, -0.2) is 52.1 Å². The summed E-state index contributed by atoms with van der Waals surface area (Å²) in [6.07, 6.45) is 17.7. The van der Waals surface area contributed by atoms with Crippen molar-refractivity contribution < 1.29 is 0 Å². The molecule has 0 amide bonds. The number of hydrogen-bond acceptors (Lipinski definition) is 0. The van der Waals surface area contributed by atoms with E-state index in [2.05, 4.69) is 6.92 Å². The molecule has 0 spiro atoms. The third kappa shape index (κ3) is 18.2. The van der Waals surface area contributed by atoms with E-state index in [0.29, 0.717) is 0 Å². The topological polar surface area (TPSA) is 0 Å². The summed E-state index contributed by atoms with van der Waals surface area (Å²) in [5.74, 6) is 0. The Morgan fingerprint density at radius 3 is 1.19 bits per heavy atom. The van der Waals surface area contributed by atoms with Gasteiger partial charge in [-0.3, -0.25) is 0 Å². The molecule has 0 saturated carbocycles. The van der Waals surface area contributed by atoms with Gasteiger partial charge < -0.3 is 0 Å². The Kier molecular flexibility index (Phi) is 24.1. The normalized spacial score (nSPS) is 10.1. The van der Waals surface area contributed by atoms with Gasteiger partial charge in [0.25, 0.3) is 0 Å². The molecule has 0 heterocycles. The molecule has 0 aromatic rings. The minimum atomic E-state index is 0. The summed E-state index contributed by atoms with van der Waals surface area (Å²) in [5, 5.41) is 0. The predicted molar refractivity (Wildman–Crippen MR) is 80.2 cm³/mol. The second-order valence-corrected chi connectivity index (χ2v) is 6.33. The Bertz CT molecular complexity index is 94.9. The molecule has 0 atom stereocenters. The fourth-order valence-electron chi connectivity index (χ4n) is 1.99. The molecule has 0 aliphatic rings. The van der Waals surface area contributed by atoms with Crippen molar-refractivity contribution in [3.8, 4) is 0 Å². The average Bonchev–Trinajstić information content (AvgIpc) is 2.26. The van der Waals surface area contributed by atoms with Gasteiger partial charge in [0.05, 0.1) is 0 Å². The van der Waals surface area contributed by atoms with Crippen LogP contribution in [0, 0.1) is 0 Å². The second kappa shape index (κ2) is 19.1. The Morgan fingerprint density at radius 2 is 0.875 bits per heavy atom. The molecule has 0 saturated heterocycles. The molecule has 0 aromatic carbocycles. The van der Waals surface area contributed by atoms with Gasteiger partial charge in [-0.1, -0.05) is 13.3 Å². The zero-order chi connectivity index (χ0) is 11.2. The summed E-state index contributed by atoms with van der Waals surface area (Å²) in [6, 6.07) is 0. The SMILES string of the molecule is CCCCCCCCCCCCC[CH2][SnH].[NaH]. The third-order valence-electron chi connectivity index (χ3n) is 3.06. The molecular weight excluding hydrogens is 310 g/mol. The van der Waals surface area contributed by atoms with Crippen LogP contribution in [0.4, 0.5) is 0 Å². The van der Waals surface area contributed by atoms with E-state index in [-0.39, 0.29) is 29.6 Å². The van der Waals surface area contributed by atoms with Gasteiger partial charge in [0.1, 0.15) is 0 Å². The fourth-order valence-corrected chi connectivity index (χ4v) is 2.81. The standard InChI is InChI=1S/C14H29.Na.Sn.2H/c1-3-5-7-9-11-13-14-12-10-8-6-4-2;;;;/h1,3-14H2,2H3;;;;.